The first-order valence-corrected chi connectivity index (χ1v) is 8.80. The number of rotatable bonds is 5. The number of thiophene rings is 1. The summed E-state index contributed by atoms with van der Waals surface area (Å²) in [5, 5.41) is 0.398. The van der Waals surface area contributed by atoms with Gasteiger partial charge in [-0.2, -0.15) is 0 Å². The van der Waals surface area contributed by atoms with Crippen molar-refractivity contribution in [3.05, 3.63) is 45.0 Å². The highest BCUT2D eigenvalue weighted by Crippen LogP contribution is 2.34. The Bertz CT molecular complexity index is 639. The molecule has 0 aromatic carbocycles. The van der Waals surface area contributed by atoms with Crippen LogP contribution in [0.15, 0.2) is 38.5 Å². The third-order valence-corrected chi connectivity index (χ3v) is 6.70. The Balaban J connectivity index is 1.99. The van der Waals surface area contributed by atoms with Crippen LogP contribution in [-0.2, 0) is 16.4 Å². The van der Waals surface area contributed by atoms with Gasteiger partial charge in [0, 0.05) is 24.9 Å². The van der Waals surface area contributed by atoms with Crippen molar-refractivity contribution in [1.82, 2.24) is 9.71 Å². The number of nitrogens with zero attached hydrogens (tertiary/aromatic N) is 1. The van der Waals surface area contributed by atoms with Gasteiger partial charge in [0.05, 0.1) is 8.81 Å². The molecule has 0 aliphatic heterocycles. The van der Waals surface area contributed by atoms with Gasteiger partial charge in [-0.15, -0.1) is 11.3 Å². The predicted molar refractivity (Wildman–Crippen MR) is 80.2 cm³/mol. The molecule has 2 rings (SSSR count). The Kier molecular flexibility index (Phi) is 4.97. The molecular formula is C11H10BrClN2O2S2. The molecule has 1 N–H and O–H groups in total. The SMILES string of the molecule is O=S(=O)(NCCc1ccccn1)c1cc(Cl)c(Br)s1. The molecule has 0 bridgehead atoms. The number of aromatic nitrogens is 1. The second-order valence-electron chi connectivity index (χ2n) is 3.66. The van der Waals surface area contributed by atoms with E-state index in [1.54, 1.807) is 6.20 Å². The molecule has 0 aliphatic rings. The van der Waals surface area contributed by atoms with Crippen LogP contribution in [0.1, 0.15) is 5.69 Å². The van der Waals surface area contributed by atoms with Crippen LogP contribution in [0.4, 0.5) is 0 Å². The fourth-order valence-corrected chi connectivity index (χ4v) is 4.86. The number of halogens is 2. The van der Waals surface area contributed by atoms with Gasteiger partial charge in [0.1, 0.15) is 4.21 Å². The van der Waals surface area contributed by atoms with Crippen LogP contribution < -0.4 is 4.72 Å². The minimum Gasteiger partial charge on any atom is -0.261 e. The zero-order chi connectivity index (χ0) is 13.9. The molecular weight excluding hydrogens is 372 g/mol. The first-order valence-electron chi connectivity index (χ1n) is 5.33. The van der Waals surface area contributed by atoms with Crippen molar-refractivity contribution in [3.63, 3.8) is 0 Å². The van der Waals surface area contributed by atoms with Crippen LogP contribution in [0.3, 0.4) is 0 Å². The number of hydrogen-bond donors (Lipinski definition) is 1. The van der Waals surface area contributed by atoms with E-state index in [9.17, 15) is 8.42 Å². The number of nitrogens with one attached hydrogen (secondary N) is 1. The standard InChI is InChI=1S/C11H10BrClN2O2S2/c12-11-9(13)7-10(18-11)19(16,17)15-6-4-8-3-1-2-5-14-8/h1-3,5,7,15H,4,6H2. The molecule has 0 saturated carbocycles. The van der Waals surface area contributed by atoms with Crippen LogP contribution in [0.2, 0.25) is 5.02 Å². The molecule has 0 amide bonds. The maximum Gasteiger partial charge on any atom is 0.250 e. The average Bonchev–Trinajstić information content (AvgIpc) is 2.72. The first-order chi connectivity index (χ1) is 8.99. The Morgan fingerprint density at radius 3 is 2.79 bits per heavy atom. The van der Waals surface area contributed by atoms with E-state index in [0.717, 1.165) is 17.0 Å². The number of pyridine rings is 1. The lowest BCUT2D eigenvalue weighted by molar-refractivity contribution is 0.583. The molecule has 0 fully saturated rings. The lowest BCUT2D eigenvalue weighted by Crippen LogP contribution is -2.25. The quantitative estimate of drug-likeness (QED) is 0.866. The zero-order valence-electron chi connectivity index (χ0n) is 9.64. The van der Waals surface area contributed by atoms with Gasteiger partial charge in [0.25, 0.3) is 0 Å². The molecule has 4 nitrogen and oxygen atoms in total. The summed E-state index contributed by atoms with van der Waals surface area (Å²) in [6, 6.07) is 6.97. The van der Waals surface area contributed by atoms with Gasteiger partial charge >= 0.3 is 0 Å². The summed E-state index contributed by atoms with van der Waals surface area (Å²) in [7, 11) is -3.51. The summed E-state index contributed by atoms with van der Waals surface area (Å²) in [5.41, 5.74) is 0.843. The third kappa shape index (κ3) is 4.00. The lowest BCUT2D eigenvalue weighted by Gasteiger charge is -2.04. The molecule has 8 heteroatoms. The van der Waals surface area contributed by atoms with Gasteiger partial charge < -0.3 is 0 Å². The van der Waals surface area contributed by atoms with Gasteiger partial charge in [0.15, 0.2) is 0 Å². The highest BCUT2D eigenvalue weighted by atomic mass is 79.9. The molecule has 0 radical (unpaired) electrons. The second kappa shape index (κ2) is 6.32. The lowest BCUT2D eigenvalue weighted by atomic mass is 10.3. The van der Waals surface area contributed by atoms with E-state index >= 15 is 0 Å². The van der Waals surface area contributed by atoms with Crippen LogP contribution in [0.25, 0.3) is 0 Å². The van der Waals surface area contributed by atoms with Gasteiger partial charge in [-0.25, -0.2) is 13.1 Å². The van der Waals surface area contributed by atoms with E-state index in [1.165, 1.54) is 6.07 Å². The summed E-state index contributed by atoms with van der Waals surface area (Å²) in [6.07, 6.45) is 2.22. The molecule has 2 aromatic rings. The van der Waals surface area contributed by atoms with E-state index in [-0.39, 0.29) is 4.21 Å². The van der Waals surface area contributed by atoms with Crippen LogP contribution >= 0.6 is 38.9 Å². The van der Waals surface area contributed by atoms with Crippen molar-refractivity contribution in [3.8, 4) is 0 Å². The Morgan fingerprint density at radius 1 is 1.42 bits per heavy atom. The van der Waals surface area contributed by atoms with Crippen molar-refractivity contribution in [2.24, 2.45) is 0 Å². The molecule has 102 valence electrons. The molecule has 2 aromatic heterocycles. The first kappa shape index (κ1) is 14.9. The summed E-state index contributed by atoms with van der Waals surface area (Å²) in [4.78, 5) is 4.13. The molecule has 0 aliphatic carbocycles. The van der Waals surface area contributed by atoms with Crippen LogP contribution in [0, 0.1) is 0 Å². The van der Waals surface area contributed by atoms with Crippen LogP contribution in [-0.4, -0.2) is 19.9 Å². The zero-order valence-corrected chi connectivity index (χ0v) is 13.6. The predicted octanol–water partition coefficient (Wildman–Crippen LogP) is 3.08. The number of sulfonamides is 1. The van der Waals surface area contributed by atoms with E-state index in [0.29, 0.717) is 21.8 Å². The maximum atomic E-state index is 12.0. The summed E-state index contributed by atoms with van der Waals surface area (Å²) in [5.74, 6) is 0. The van der Waals surface area contributed by atoms with Gasteiger partial charge in [-0.1, -0.05) is 17.7 Å². The summed E-state index contributed by atoms with van der Waals surface area (Å²) in [6.45, 7) is 0.298. The van der Waals surface area contributed by atoms with Crippen molar-refractivity contribution < 1.29 is 8.42 Å². The fraction of sp³-hybridized carbons (Fsp3) is 0.182. The monoisotopic (exact) mass is 380 g/mol. The normalized spacial score (nSPS) is 11.7. The Hall–Kier alpha value is -0.470. The Morgan fingerprint density at radius 2 is 2.21 bits per heavy atom. The van der Waals surface area contributed by atoms with Gasteiger partial charge in [0.2, 0.25) is 10.0 Å². The minimum atomic E-state index is -3.51. The summed E-state index contributed by atoms with van der Waals surface area (Å²) >= 11 is 10.1. The van der Waals surface area contributed by atoms with Gasteiger partial charge in [-0.05, 0) is 34.1 Å². The molecule has 0 atom stereocenters. The van der Waals surface area contributed by atoms with E-state index in [2.05, 4.69) is 25.6 Å². The summed E-state index contributed by atoms with van der Waals surface area (Å²) < 4.78 is 27.3. The van der Waals surface area contributed by atoms with E-state index in [1.807, 2.05) is 18.2 Å². The molecule has 19 heavy (non-hydrogen) atoms. The van der Waals surface area contributed by atoms with Crippen molar-refractivity contribution in [1.29, 1.82) is 0 Å². The molecule has 0 unspecified atom stereocenters. The van der Waals surface area contributed by atoms with Crippen LogP contribution in [0.5, 0.6) is 0 Å². The number of hydrogen-bond acceptors (Lipinski definition) is 4. The van der Waals surface area contributed by atoms with Crippen molar-refractivity contribution in [2.45, 2.75) is 10.6 Å². The largest absolute Gasteiger partial charge is 0.261 e. The van der Waals surface area contributed by atoms with E-state index in [4.69, 9.17) is 11.6 Å². The smallest absolute Gasteiger partial charge is 0.250 e. The molecule has 0 spiro atoms. The topological polar surface area (TPSA) is 59.1 Å². The fourth-order valence-electron chi connectivity index (χ4n) is 1.39. The van der Waals surface area contributed by atoms with Crippen molar-refractivity contribution >= 4 is 48.9 Å². The van der Waals surface area contributed by atoms with E-state index < -0.39 is 10.0 Å². The second-order valence-corrected chi connectivity index (χ2v) is 8.43. The van der Waals surface area contributed by atoms with Crippen molar-refractivity contribution in [2.75, 3.05) is 6.54 Å². The highest BCUT2D eigenvalue weighted by molar-refractivity contribution is 9.11. The van der Waals surface area contributed by atoms with Gasteiger partial charge in [-0.3, -0.25) is 4.98 Å². The highest BCUT2D eigenvalue weighted by Gasteiger charge is 2.18. The molecule has 2 heterocycles. The minimum absolute atomic E-state index is 0.199. The average molecular weight is 382 g/mol. The Labute approximate surface area is 129 Å². The maximum absolute atomic E-state index is 12.0. The molecule has 0 saturated heterocycles. The third-order valence-electron chi connectivity index (χ3n) is 2.29.